The molecule has 4 nitrogen and oxygen atoms in total. The Morgan fingerprint density at radius 1 is 1.05 bits per heavy atom. The van der Waals surface area contributed by atoms with Crippen molar-refractivity contribution in [2.75, 3.05) is 6.61 Å². The molecule has 0 aromatic heterocycles. The van der Waals surface area contributed by atoms with E-state index >= 15 is 0 Å². The summed E-state index contributed by atoms with van der Waals surface area (Å²) in [5.41, 5.74) is 1.41. The highest BCUT2D eigenvalue weighted by Crippen LogP contribution is 2.15. The highest BCUT2D eigenvalue weighted by Gasteiger charge is 2.08. The minimum Gasteiger partial charge on any atom is -0.462 e. The van der Waals surface area contributed by atoms with Gasteiger partial charge in [-0.2, -0.15) is 0 Å². The molecule has 0 unspecified atom stereocenters. The summed E-state index contributed by atoms with van der Waals surface area (Å²) in [4.78, 5) is 22.9. The monoisotopic (exact) mass is 296 g/mol. The van der Waals surface area contributed by atoms with Crippen molar-refractivity contribution >= 4 is 11.9 Å². The first kappa shape index (κ1) is 15.5. The van der Waals surface area contributed by atoms with Gasteiger partial charge in [0.25, 0.3) is 0 Å². The first-order valence-electron chi connectivity index (χ1n) is 6.84. The Morgan fingerprint density at radius 2 is 1.82 bits per heavy atom. The van der Waals surface area contributed by atoms with E-state index in [-0.39, 0.29) is 6.61 Å². The van der Waals surface area contributed by atoms with Gasteiger partial charge >= 0.3 is 11.9 Å². The Morgan fingerprint density at radius 3 is 2.55 bits per heavy atom. The third-order valence-electron chi connectivity index (χ3n) is 2.92. The summed E-state index contributed by atoms with van der Waals surface area (Å²) in [7, 11) is 0. The lowest BCUT2D eigenvalue weighted by Gasteiger charge is -2.07. The van der Waals surface area contributed by atoms with Crippen LogP contribution in [0.4, 0.5) is 0 Å². The Bertz CT molecular complexity index is 662. The average Bonchev–Trinajstić information content (AvgIpc) is 2.56. The Kier molecular flexibility index (Phi) is 5.49. The predicted octanol–water partition coefficient (Wildman–Crippen LogP) is 3.18. The number of hydrogen-bond donors (Lipinski definition) is 0. The normalized spacial score (nSPS) is 9.82. The van der Waals surface area contributed by atoms with Crippen molar-refractivity contribution in [3.63, 3.8) is 0 Å². The second kappa shape index (κ2) is 7.78. The Labute approximate surface area is 129 Å². The Balaban J connectivity index is 1.95. The van der Waals surface area contributed by atoms with Crippen molar-refractivity contribution in [2.24, 2.45) is 0 Å². The molecule has 0 saturated heterocycles. The van der Waals surface area contributed by atoms with Crippen LogP contribution >= 0.6 is 0 Å². The van der Waals surface area contributed by atoms with Gasteiger partial charge in [0.05, 0.1) is 12.2 Å². The standard InChI is InChI=1S/C18H16O4/c1-2-17(19)21-12-11-14-7-6-10-16(13-14)22-18(20)15-8-4-3-5-9-15/h2-10,13H,1,11-12H2. The van der Waals surface area contributed by atoms with Crippen molar-refractivity contribution in [1.82, 2.24) is 0 Å². The fourth-order valence-corrected chi connectivity index (χ4v) is 1.83. The number of ether oxygens (including phenoxy) is 2. The van der Waals surface area contributed by atoms with Crippen LogP contribution in [0.2, 0.25) is 0 Å². The largest absolute Gasteiger partial charge is 0.462 e. The molecule has 2 rings (SSSR count). The number of carbonyl (C=O) groups excluding carboxylic acids is 2. The van der Waals surface area contributed by atoms with Gasteiger partial charge in [0.1, 0.15) is 5.75 Å². The molecule has 0 spiro atoms. The zero-order chi connectivity index (χ0) is 15.8. The lowest BCUT2D eigenvalue weighted by atomic mass is 10.1. The molecule has 22 heavy (non-hydrogen) atoms. The zero-order valence-corrected chi connectivity index (χ0v) is 12.0. The molecule has 0 bridgehead atoms. The maximum atomic E-state index is 12.0. The summed E-state index contributed by atoms with van der Waals surface area (Å²) in [6.07, 6.45) is 1.66. The molecule has 0 aliphatic rings. The van der Waals surface area contributed by atoms with E-state index in [9.17, 15) is 9.59 Å². The summed E-state index contributed by atoms with van der Waals surface area (Å²) in [6.45, 7) is 3.58. The van der Waals surface area contributed by atoms with Gasteiger partial charge < -0.3 is 9.47 Å². The van der Waals surface area contributed by atoms with E-state index in [1.54, 1.807) is 42.5 Å². The van der Waals surface area contributed by atoms with Gasteiger partial charge in [0, 0.05) is 12.5 Å². The van der Waals surface area contributed by atoms with Crippen LogP contribution in [0.5, 0.6) is 5.75 Å². The van der Waals surface area contributed by atoms with E-state index in [1.807, 2.05) is 12.1 Å². The van der Waals surface area contributed by atoms with Crippen LogP contribution in [0.25, 0.3) is 0 Å². The molecule has 4 heteroatoms. The van der Waals surface area contributed by atoms with Crippen LogP contribution in [-0.4, -0.2) is 18.5 Å². The lowest BCUT2D eigenvalue weighted by molar-refractivity contribution is -0.137. The summed E-state index contributed by atoms with van der Waals surface area (Å²) in [5, 5.41) is 0. The Hall–Kier alpha value is -2.88. The fraction of sp³-hybridized carbons (Fsp3) is 0.111. The molecule has 0 amide bonds. The molecule has 0 N–H and O–H groups in total. The molecule has 0 aliphatic heterocycles. The second-order valence-corrected chi connectivity index (χ2v) is 4.52. The van der Waals surface area contributed by atoms with Crippen molar-refractivity contribution in [3.05, 3.63) is 78.4 Å². The van der Waals surface area contributed by atoms with Gasteiger partial charge in [-0.05, 0) is 29.8 Å². The highest BCUT2D eigenvalue weighted by atomic mass is 16.5. The predicted molar refractivity (Wildman–Crippen MR) is 82.7 cm³/mol. The van der Waals surface area contributed by atoms with E-state index in [4.69, 9.17) is 9.47 Å². The van der Waals surface area contributed by atoms with Crippen molar-refractivity contribution in [2.45, 2.75) is 6.42 Å². The number of benzene rings is 2. The van der Waals surface area contributed by atoms with Crippen molar-refractivity contribution in [1.29, 1.82) is 0 Å². The first-order chi connectivity index (χ1) is 10.7. The number of esters is 2. The van der Waals surface area contributed by atoms with Crippen LogP contribution in [0, 0.1) is 0 Å². The fourth-order valence-electron chi connectivity index (χ4n) is 1.83. The average molecular weight is 296 g/mol. The number of carbonyl (C=O) groups is 2. The van der Waals surface area contributed by atoms with E-state index in [0.29, 0.717) is 17.7 Å². The van der Waals surface area contributed by atoms with Gasteiger partial charge in [-0.25, -0.2) is 9.59 Å². The molecule has 0 radical (unpaired) electrons. The summed E-state index contributed by atoms with van der Waals surface area (Å²) in [5.74, 6) is -0.399. The molecule has 2 aromatic rings. The summed E-state index contributed by atoms with van der Waals surface area (Å²) in [6, 6.07) is 15.9. The molecular formula is C18H16O4. The van der Waals surface area contributed by atoms with Crippen molar-refractivity contribution in [3.8, 4) is 5.75 Å². The molecule has 0 atom stereocenters. The van der Waals surface area contributed by atoms with Gasteiger partial charge in [0.15, 0.2) is 0 Å². The van der Waals surface area contributed by atoms with Crippen LogP contribution in [0.15, 0.2) is 67.3 Å². The third kappa shape index (κ3) is 4.59. The maximum absolute atomic E-state index is 12.0. The van der Waals surface area contributed by atoms with Crippen LogP contribution in [-0.2, 0) is 16.0 Å². The molecule has 0 saturated carbocycles. The quantitative estimate of drug-likeness (QED) is 0.467. The topological polar surface area (TPSA) is 52.6 Å². The second-order valence-electron chi connectivity index (χ2n) is 4.52. The maximum Gasteiger partial charge on any atom is 0.343 e. The molecule has 0 heterocycles. The highest BCUT2D eigenvalue weighted by molar-refractivity contribution is 5.90. The SMILES string of the molecule is C=CC(=O)OCCc1cccc(OC(=O)c2ccccc2)c1. The van der Waals surface area contributed by atoms with E-state index < -0.39 is 11.9 Å². The van der Waals surface area contributed by atoms with E-state index in [1.165, 1.54) is 0 Å². The number of rotatable bonds is 6. The molecule has 0 fully saturated rings. The minimum atomic E-state index is -0.452. The van der Waals surface area contributed by atoms with Crippen LogP contribution in [0.3, 0.4) is 0 Å². The third-order valence-corrected chi connectivity index (χ3v) is 2.92. The number of hydrogen-bond acceptors (Lipinski definition) is 4. The van der Waals surface area contributed by atoms with Gasteiger partial charge in [-0.3, -0.25) is 0 Å². The van der Waals surface area contributed by atoms with Gasteiger partial charge in [0.2, 0.25) is 0 Å². The zero-order valence-electron chi connectivity index (χ0n) is 12.0. The first-order valence-corrected chi connectivity index (χ1v) is 6.84. The molecule has 112 valence electrons. The lowest BCUT2D eigenvalue weighted by Crippen LogP contribution is -2.08. The van der Waals surface area contributed by atoms with Crippen LogP contribution < -0.4 is 4.74 Å². The van der Waals surface area contributed by atoms with Gasteiger partial charge in [-0.15, -0.1) is 0 Å². The molecular weight excluding hydrogens is 280 g/mol. The van der Waals surface area contributed by atoms with E-state index in [2.05, 4.69) is 6.58 Å². The van der Waals surface area contributed by atoms with Crippen LogP contribution in [0.1, 0.15) is 15.9 Å². The summed E-state index contributed by atoms with van der Waals surface area (Å²) < 4.78 is 10.2. The van der Waals surface area contributed by atoms with E-state index in [0.717, 1.165) is 11.6 Å². The van der Waals surface area contributed by atoms with Crippen molar-refractivity contribution < 1.29 is 19.1 Å². The summed E-state index contributed by atoms with van der Waals surface area (Å²) >= 11 is 0. The van der Waals surface area contributed by atoms with Gasteiger partial charge in [-0.1, -0.05) is 36.9 Å². The molecule has 2 aromatic carbocycles. The molecule has 0 aliphatic carbocycles. The minimum absolute atomic E-state index is 0.251. The smallest absolute Gasteiger partial charge is 0.343 e.